The summed E-state index contributed by atoms with van der Waals surface area (Å²) in [4.78, 5) is 0. The lowest BCUT2D eigenvalue weighted by molar-refractivity contribution is 0.330. The fourth-order valence-corrected chi connectivity index (χ4v) is 4.10. The normalized spacial score (nSPS) is 25.6. The van der Waals surface area contributed by atoms with Gasteiger partial charge < -0.3 is 5.32 Å². The zero-order valence-electron chi connectivity index (χ0n) is 15.1. The predicted octanol–water partition coefficient (Wildman–Crippen LogP) is 6.32. The first-order valence-corrected chi connectivity index (χ1v) is 10.0. The Hall–Kier alpha value is -0.0400. The highest BCUT2D eigenvalue weighted by Gasteiger charge is 2.31. The molecule has 0 saturated heterocycles. The maximum atomic E-state index is 3.66. The molecule has 0 aromatic rings. The van der Waals surface area contributed by atoms with E-state index in [1.807, 2.05) is 0 Å². The second-order valence-corrected chi connectivity index (χ2v) is 7.33. The van der Waals surface area contributed by atoms with E-state index in [9.17, 15) is 0 Å². The number of hydrogen-bond acceptors (Lipinski definition) is 1. The third-order valence-electron chi connectivity index (χ3n) is 5.62. The summed E-state index contributed by atoms with van der Waals surface area (Å²) in [7, 11) is 0. The van der Waals surface area contributed by atoms with Crippen molar-refractivity contribution >= 4 is 0 Å². The molecule has 1 fully saturated rings. The zero-order chi connectivity index (χ0) is 15.3. The van der Waals surface area contributed by atoms with E-state index < -0.39 is 0 Å². The van der Waals surface area contributed by atoms with Gasteiger partial charge in [-0.25, -0.2) is 0 Å². The molecule has 0 aromatic heterocycles. The van der Waals surface area contributed by atoms with Gasteiger partial charge in [-0.2, -0.15) is 0 Å². The quantitative estimate of drug-likeness (QED) is 0.392. The molecule has 0 bridgehead atoms. The molecule has 0 amide bonds. The summed E-state index contributed by atoms with van der Waals surface area (Å²) in [5.74, 6) is 1.91. The first-order valence-electron chi connectivity index (χ1n) is 10.0. The van der Waals surface area contributed by atoms with Crippen molar-refractivity contribution in [2.24, 2.45) is 11.8 Å². The molecule has 3 atom stereocenters. The molecule has 0 heterocycles. The van der Waals surface area contributed by atoms with Gasteiger partial charge >= 0.3 is 0 Å². The van der Waals surface area contributed by atoms with Gasteiger partial charge in [0.1, 0.15) is 0 Å². The number of nitrogens with one attached hydrogen (secondary N) is 1. The fourth-order valence-electron chi connectivity index (χ4n) is 4.10. The van der Waals surface area contributed by atoms with Gasteiger partial charge in [-0.3, -0.25) is 0 Å². The molecule has 1 aliphatic rings. The van der Waals surface area contributed by atoms with E-state index in [2.05, 4.69) is 26.1 Å². The lowest BCUT2D eigenvalue weighted by atomic mass is 9.90. The second-order valence-electron chi connectivity index (χ2n) is 7.33. The van der Waals surface area contributed by atoms with Crippen LogP contribution in [0, 0.1) is 11.8 Å². The van der Waals surface area contributed by atoms with E-state index in [1.165, 1.54) is 83.5 Å². The smallest absolute Gasteiger partial charge is 0.00953 e. The first-order chi connectivity index (χ1) is 10.3. The summed E-state index contributed by atoms with van der Waals surface area (Å²) in [6.07, 6.45) is 19.0. The molecular weight excluding hydrogens is 254 g/mol. The summed E-state index contributed by atoms with van der Waals surface area (Å²) in [5.41, 5.74) is 0. The Morgan fingerprint density at radius 2 is 1.33 bits per heavy atom. The fraction of sp³-hybridized carbons (Fsp3) is 1.00. The molecule has 1 N–H and O–H groups in total. The van der Waals surface area contributed by atoms with E-state index in [4.69, 9.17) is 0 Å². The van der Waals surface area contributed by atoms with Crippen LogP contribution < -0.4 is 5.32 Å². The molecule has 1 rings (SSSR count). The summed E-state index contributed by atoms with van der Waals surface area (Å²) >= 11 is 0. The summed E-state index contributed by atoms with van der Waals surface area (Å²) in [5, 5.41) is 3.66. The monoisotopic (exact) mass is 295 g/mol. The van der Waals surface area contributed by atoms with Crippen LogP contribution in [-0.2, 0) is 0 Å². The maximum absolute atomic E-state index is 3.66. The Kier molecular flexibility index (Phi) is 11.3. The van der Waals surface area contributed by atoms with Crippen LogP contribution in [0.4, 0.5) is 0 Å². The van der Waals surface area contributed by atoms with Gasteiger partial charge in [0.25, 0.3) is 0 Å². The second kappa shape index (κ2) is 12.5. The Morgan fingerprint density at radius 1 is 0.762 bits per heavy atom. The Bertz CT molecular complexity index is 226. The van der Waals surface area contributed by atoms with Crippen molar-refractivity contribution in [2.75, 3.05) is 6.54 Å². The summed E-state index contributed by atoms with van der Waals surface area (Å²) in [6.45, 7) is 8.15. The lowest BCUT2D eigenvalue weighted by Crippen LogP contribution is -2.32. The van der Waals surface area contributed by atoms with E-state index in [0.717, 1.165) is 24.4 Å². The Balaban J connectivity index is 1.88. The zero-order valence-corrected chi connectivity index (χ0v) is 15.1. The largest absolute Gasteiger partial charge is 0.314 e. The molecule has 0 aliphatic heterocycles. The maximum Gasteiger partial charge on any atom is 0.00953 e. The molecule has 21 heavy (non-hydrogen) atoms. The van der Waals surface area contributed by atoms with Crippen molar-refractivity contribution in [3.05, 3.63) is 0 Å². The van der Waals surface area contributed by atoms with Gasteiger partial charge in [0.05, 0.1) is 0 Å². The number of hydrogen-bond donors (Lipinski definition) is 1. The van der Waals surface area contributed by atoms with Crippen LogP contribution in [0.3, 0.4) is 0 Å². The molecule has 1 nitrogen and oxygen atoms in total. The first kappa shape index (κ1) is 19.0. The van der Waals surface area contributed by atoms with Crippen LogP contribution in [0.5, 0.6) is 0 Å². The van der Waals surface area contributed by atoms with E-state index in [0.29, 0.717) is 0 Å². The topological polar surface area (TPSA) is 12.0 Å². The Morgan fingerprint density at radius 3 is 1.90 bits per heavy atom. The van der Waals surface area contributed by atoms with Gasteiger partial charge in [-0.1, -0.05) is 91.4 Å². The molecule has 1 saturated carbocycles. The highest BCUT2D eigenvalue weighted by Crippen LogP contribution is 2.35. The molecule has 1 heteroatoms. The van der Waals surface area contributed by atoms with Crippen LogP contribution >= 0.6 is 0 Å². The number of rotatable bonds is 13. The van der Waals surface area contributed by atoms with Crippen LogP contribution in [0.1, 0.15) is 104 Å². The molecule has 126 valence electrons. The van der Waals surface area contributed by atoms with Crippen LogP contribution in [0.25, 0.3) is 0 Å². The Labute approximate surface area is 134 Å². The van der Waals surface area contributed by atoms with Crippen molar-refractivity contribution in [1.82, 2.24) is 5.32 Å². The molecule has 1 aliphatic carbocycles. The lowest BCUT2D eigenvalue weighted by Gasteiger charge is -2.21. The van der Waals surface area contributed by atoms with Gasteiger partial charge in [0, 0.05) is 6.04 Å². The average molecular weight is 296 g/mol. The standard InChI is InChI=1S/C20H41N/c1-4-6-7-8-9-10-11-12-13-14-15-19-16-17-20(18(19)3)21-5-2/h18-21H,4-17H2,1-3H3. The van der Waals surface area contributed by atoms with E-state index in [-0.39, 0.29) is 0 Å². The van der Waals surface area contributed by atoms with Crippen molar-refractivity contribution in [1.29, 1.82) is 0 Å². The molecule has 0 spiro atoms. The molecule has 0 aromatic carbocycles. The van der Waals surface area contributed by atoms with Crippen molar-refractivity contribution in [3.63, 3.8) is 0 Å². The van der Waals surface area contributed by atoms with Crippen molar-refractivity contribution < 1.29 is 0 Å². The van der Waals surface area contributed by atoms with E-state index in [1.54, 1.807) is 0 Å². The van der Waals surface area contributed by atoms with Gasteiger partial charge in [0.2, 0.25) is 0 Å². The molecule has 0 radical (unpaired) electrons. The molecule has 3 unspecified atom stereocenters. The highest BCUT2D eigenvalue weighted by atomic mass is 14.9. The minimum atomic E-state index is 0.808. The third kappa shape index (κ3) is 8.24. The van der Waals surface area contributed by atoms with Crippen LogP contribution in [0.2, 0.25) is 0 Å². The van der Waals surface area contributed by atoms with Gasteiger partial charge in [-0.05, 0) is 31.2 Å². The van der Waals surface area contributed by atoms with Gasteiger partial charge in [-0.15, -0.1) is 0 Å². The highest BCUT2D eigenvalue weighted by molar-refractivity contribution is 4.86. The molecular formula is C20H41N. The minimum Gasteiger partial charge on any atom is -0.314 e. The predicted molar refractivity (Wildman–Crippen MR) is 95.8 cm³/mol. The minimum absolute atomic E-state index is 0.808. The average Bonchev–Trinajstić information content (AvgIpc) is 2.83. The summed E-state index contributed by atoms with van der Waals surface area (Å²) in [6, 6.07) is 0.808. The summed E-state index contributed by atoms with van der Waals surface area (Å²) < 4.78 is 0. The third-order valence-corrected chi connectivity index (χ3v) is 5.62. The van der Waals surface area contributed by atoms with Crippen molar-refractivity contribution in [3.8, 4) is 0 Å². The van der Waals surface area contributed by atoms with Gasteiger partial charge in [0.15, 0.2) is 0 Å². The number of unbranched alkanes of at least 4 members (excludes halogenated alkanes) is 9. The van der Waals surface area contributed by atoms with E-state index >= 15 is 0 Å². The van der Waals surface area contributed by atoms with Crippen molar-refractivity contribution in [2.45, 2.75) is 110 Å². The van der Waals surface area contributed by atoms with Crippen LogP contribution in [-0.4, -0.2) is 12.6 Å². The SMILES string of the molecule is CCCCCCCCCCCCC1CCC(NCC)C1C. The van der Waals surface area contributed by atoms with Crippen LogP contribution in [0.15, 0.2) is 0 Å².